The third-order valence-corrected chi connectivity index (χ3v) is 3.02. The number of hydrogen-bond donors (Lipinski definition) is 3. The van der Waals surface area contributed by atoms with Gasteiger partial charge >= 0.3 is 0 Å². The maximum absolute atomic E-state index is 9.89. The number of aryl methyl sites for hydroxylation is 1. The van der Waals surface area contributed by atoms with Crippen LogP contribution in [0.15, 0.2) is 18.2 Å². The second kappa shape index (κ2) is 5.04. The van der Waals surface area contributed by atoms with Gasteiger partial charge < -0.3 is 15.9 Å². The molecule has 0 spiro atoms. The number of halogens is 1. The van der Waals surface area contributed by atoms with Crippen molar-refractivity contribution < 1.29 is 10.2 Å². The zero-order valence-corrected chi connectivity index (χ0v) is 10.1. The van der Waals surface area contributed by atoms with Gasteiger partial charge in [0.2, 0.25) is 0 Å². The monoisotopic (exact) mass is 243 g/mol. The average Bonchev–Trinajstić information content (AvgIpc) is 3.03. The molecular weight excluding hydrogens is 226 g/mol. The quantitative estimate of drug-likeness (QED) is 0.760. The van der Waals surface area contributed by atoms with Crippen LogP contribution in [0.5, 0.6) is 5.75 Å². The lowest BCUT2D eigenvalue weighted by Crippen LogP contribution is -2.28. The molecule has 0 amide bonds. The summed E-state index contributed by atoms with van der Waals surface area (Å²) in [5.74, 6) is 0.493. The van der Waals surface area contributed by atoms with E-state index in [0.29, 0.717) is 11.5 Å². The van der Waals surface area contributed by atoms with Crippen LogP contribution >= 0.6 is 12.4 Å². The summed E-state index contributed by atoms with van der Waals surface area (Å²) in [5.41, 5.74) is 7.63. The van der Waals surface area contributed by atoms with Gasteiger partial charge in [-0.2, -0.15) is 0 Å². The standard InChI is InChI=1S/C12H17NO2.ClH/c1-7-2-5-10(14)9(6-7)11(13)12(15)8-3-4-8;/h2,5-6,8,11-12,14-15H,3-4,13H2,1H3;1H/t11-,12+;/m1./s1. The van der Waals surface area contributed by atoms with Gasteiger partial charge in [0, 0.05) is 5.56 Å². The zero-order chi connectivity index (χ0) is 11.0. The maximum atomic E-state index is 9.89. The summed E-state index contributed by atoms with van der Waals surface area (Å²) < 4.78 is 0. The molecule has 4 heteroatoms. The van der Waals surface area contributed by atoms with Gasteiger partial charge in [0.25, 0.3) is 0 Å². The molecule has 1 fully saturated rings. The lowest BCUT2D eigenvalue weighted by molar-refractivity contribution is 0.121. The van der Waals surface area contributed by atoms with Gasteiger partial charge in [0.1, 0.15) is 5.75 Å². The molecule has 1 aliphatic rings. The van der Waals surface area contributed by atoms with E-state index < -0.39 is 12.1 Å². The summed E-state index contributed by atoms with van der Waals surface area (Å²) in [6.45, 7) is 1.94. The van der Waals surface area contributed by atoms with Gasteiger partial charge in [-0.15, -0.1) is 12.4 Å². The minimum atomic E-state index is -0.530. The van der Waals surface area contributed by atoms with Crippen molar-refractivity contribution in [2.24, 2.45) is 11.7 Å². The van der Waals surface area contributed by atoms with Crippen molar-refractivity contribution in [3.8, 4) is 5.75 Å². The molecule has 0 aliphatic heterocycles. The highest BCUT2D eigenvalue weighted by atomic mass is 35.5. The number of aromatic hydroxyl groups is 1. The molecule has 1 aromatic rings. The van der Waals surface area contributed by atoms with Crippen LogP contribution in [-0.4, -0.2) is 16.3 Å². The molecule has 1 aromatic carbocycles. The molecule has 3 nitrogen and oxygen atoms in total. The van der Waals surface area contributed by atoms with Crippen LogP contribution in [0.3, 0.4) is 0 Å². The van der Waals surface area contributed by atoms with Crippen LogP contribution in [0.4, 0.5) is 0 Å². The fourth-order valence-corrected chi connectivity index (χ4v) is 1.86. The highest BCUT2D eigenvalue weighted by Gasteiger charge is 2.35. The number of hydrogen-bond acceptors (Lipinski definition) is 3. The zero-order valence-electron chi connectivity index (χ0n) is 9.26. The van der Waals surface area contributed by atoms with Gasteiger partial charge in [0.05, 0.1) is 12.1 Å². The van der Waals surface area contributed by atoms with Crippen LogP contribution in [0, 0.1) is 12.8 Å². The summed E-state index contributed by atoms with van der Waals surface area (Å²) >= 11 is 0. The van der Waals surface area contributed by atoms with Gasteiger partial charge in [-0.3, -0.25) is 0 Å². The Labute approximate surface area is 102 Å². The summed E-state index contributed by atoms with van der Waals surface area (Å²) in [7, 11) is 0. The SMILES string of the molecule is Cc1ccc(O)c([C@@H](N)[C@@H](O)C2CC2)c1.Cl. The lowest BCUT2D eigenvalue weighted by Gasteiger charge is -2.20. The number of rotatable bonds is 3. The summed E-state index contributed by atoms with van der Waals surface area (Å²) in [4.78, 5) is 0. The van der Waals surface area contributed by atoms with Crippen molar-refractivity contribution >= 4 is 12.4 Å². The van der Waals surface area contributed by atoms with Crippen LogP contribution in [0.25, 0.3) is 0 Å². The number of aliphatic hydroxyl groups excluding tert-OH is 1. The maximum Gasteiger partial charge on any atom is 0.120 e. The van der Waals surface area contributed by atoms with E-state index in [2.05, 4.69) is 0 Å². The minimum absolute atomic E-state index is 0. The van der Waals surface area contributed by atoms with E-state index in [9.17, 15) is 10.2 Å². The molecule has 0 heterocycles. The van der Waals surface area contributed by atoms with Crippen LogP contribution in [0.2, 0.25) is 0 Å². The van der Waals surface area contributed by atoms with E-state index in [4.69, 9.17) is 5.73 Å². The Balaban J connectivity index is 0.00000128. The fourth-order valence-electron chi connectivity index (χ4n) is 1.86. The Bertz CT molecular complexity index is 366. The number of nitrogens with two attached hydrogens (primary N) is 1. The average molecular weight is 244 g/mol. The molecule has 1 aliphatic carbocycles. The third-order valence-electron chi connectivity index (χ3n) is 3.02. The number of aliphatic hydroxyl groups is 1. The van der Waals surface area contributed by atoms with Crippen LogP contribution < -0.4 is 5.73 Å². The van der Waals surface area contributed by atoms with Crippen LogP contribution in [0.1, 0.15) is 30.0 Å². The molecule has 2 atom stereocenters. The van der Waals surface area contributed by atoms with Crippen molar-refractivity contribution in [3.63, 3.8) is 0 Å². The molecule has 16 heavy (non-hydrogen) atoms. The van der Waals surface area contributed by atoms with Crippen molar-refractivity contribution in [3.05, 3.63) is 29.3 Å². The molecule has 4 N–H and O–H groups in total. The number of benzene rings is 1. The van der Waals surface area contributed by atoms with Gasteiger partial charge in [0.15, 0.2) is 0 Å². The molecule has 0 unspecified atom stereocenters. The van der Waals surface area contributed by atoms with Gasteiger partial charge in [-0.05, 0) is 31.7 Å². The van der Waals surface area contributed by atoms with Crippen LogP contribution in [-0.2, 0) is 0 Å². The van der Waals surface area contributed by atoms with E-state index in [0.717, 1.165) is 18.4 Å². The Morgan fingerprint density at radius 3 is 2.56 bits per heavy atom. The van der Waals surface area contributed by atoms with E-state index in [-0.39, 0.29) is 18.2 Å². The van der Waals surface area contributed by atoms with Gasteiger partial charge in [-0.25, -0.2) is 0 Å². The summed E-state index contributed by atoms with van der Waals surface area (Å²) in [5, 5.41) is 19.6. The van der Waals surface area contributed by atoms with E-state index in [1.807, 2.05) is 19.1 Å². The second-order valence-electron chi connectivity index (χ2n) is 4.42. The molecule has 0 aromatic heterocycles. The third kappa shape index (κ3) is 2.67. The van der Waals surface area contributed by atoms with Crippen molar-refractivity contribution in [2.75, 3.05) is 0 Å². The number of phenols is 1. The Hall–Kier alpha value is -0.770. The second-order valence-corrected chi connectivity index (χ2v) is 4.42. The highest BCUT2D eigenvalue weighted by molar-refractivity contribution is 5.85. The topological polar surface area (TPSA) is 66.5 Å². The van der Waals surface area contributed by atoms with E-state index >= 15 is 0 Å². The highest BCUT2D eigenvalue weighted by Crippen LogP contribution is 2.38. The first-order valence-electron chi connectivity index (χ1n) is 5.33. The Kier molecular flexibility index (Phi) is 4.19. The summed E-state index contributed by atoms with van der Waals surface area (Å²) in [6, 6.07) is 4.82. The van der Waals surface area contributed by atoms with E-state index in [1.54, 1.807) is 6.07 Å². The summed E-state index contributed by atoms with van der Waals surface area (Å²) in [6.07, 6.45) is 1.56. The predicted molar refractivity (Wildman–Crippen MR) is 65.8 cm³/mol. The number of phenolic OH excluding ortho intramolecular Hbond substituents is 1. The first kappa shape index (κ1) is 13.3. The van der Waals surface area contributed by atoms with E-state index in [1.165, 1.54) is 0 Å². The smallest absolute Gasteiger partial charge is 0.120 e. The first-order chi connectivity index (χ1) is 7.09. The minimum Gasteiger partial charge on any atom is -0.508 e. The lowest BCUT2D eigenvalue weighted by atomic mass is 9.97. The van der Waals surface area contributed by atoms with Crippen molar-refractivity contribution in [1.29, 1.82) is 0 Å². The predicted octanol–water partition coefficient (Wildman–Crippen LogP) is 1.89. The molecule has 90 valence electrons. The van der Waals surface area contributed by atoms with Crippen molar-refractivity contribution in [2.45, 2.75) is 31.9 Å². The normalized spacial score (nSPS) is 18.7. The molecule has 2 rings (SSSR count). The molecule has 0 saturated heterocycles. The van der Waals surface area contributed by atoms with Crippen molar-refractivity contribution in [1.82, 2.24) is 0 Å². The largest absolute Gasteiger partial charge is 0.508 e. The van der Waals surface area contributed by atoms with Gasteiger partial charge in [-0.1, -0.05) is 17.7 Å². The Morgan fingerprint density at radius 2 is 2.00 bits per heavy atom. The molecule has 0 bridgehead atoms. The molecular formula is C12H18ClNO2. The fraction of sp³-hybridized carbons (Fsp3) is 0.500. The Morgan fingerprint density at radius 1 is 1.38 bits per heavy atom. The first-order valence-corrected chi connectivity index (χ1v) is 5.33. The molecule has 1 saturated carbocycles. The molecule has 0 radical (unpaired) electrons.